The van der Waals surface area contributed by atoms with Gasteiger partial charge in [-0.1, -0.05) is 13.3 Å². The van der Waals surface area contributed by atoms with Gasteiger partial charge >= 0.3 is 0 Å². The van der Waals surface area contributed by atoms with Crippen molar-refractivity contribution in [3.05, 3.63) is 11.8 Å². The minimum atomic E-state index is -0.514. The van der Waals surface area contributed by atoms with Gasteiger partial charge in [-0.3, -0.25) is 9.59 Å². The zero-order chi connectivity index (χ0) is 14.4. The molecule has 0 aliphatic heterocycles. The molecule has 1 atom stereocenters. The number of nitrogens with zero attached hydrogens (tertiary/aromatic N) is 2. The van der Waals surface area contributed by atoms with Crippen molar-refractivity contribution < 1.29 is 9.59 Å². The molecule has 1 rings (SSSR count). The number of anilines is 1. The van der Waals surface area contributed by atoms with Crippen molar-refractivity contribution in [1.29, 1.82) is 0 Å². The van der Waals surface area contributed by atoms with E-state index < -0.39 is 6.04 Å². The van der Waals surface area contributed by atoms with Crippen LogP contribution in [0.2, 0.25) is 0 Å². The molecule has 1 heterocycles. The van der Waals surface area contributed by atoms with E-state index >= 15 is 0 Å². The van der Waals surface area contributed by atoms with E-state index in [1.54, 1.807) is 20.0 Å². The van der Waals surface area contributed by atoms with Gasteiger partial charge in [0.05, 0.1) is 5.69 Å². The summed E-state index contributed by atoms with van der Waals surface area (Å²) >= 11 is 0. The number of aryl methyl sites for hydroxylation is 1. The summed E-state index contributed by atoms with van der Waals surface area (Å²) in [6.07, 6.45) is 1.40. The maximum absolute atomic E-state index is 11.9. The molecule has 0 bridgehead atoms. The van der Waals surface area contributed by atoms with E-state index in [1.807, 2.05) is 6.92 Å². The fraction of sp³-hybridized carbons (Fsp3) is 0.583. The van der Waals surface area contributed by atoms with Crippen LogP contribution in [-0.4, -0.2) is 34.7 Å². The van der Waals surface area contributed by atoms with Gasteiger partial charge in [-0.2, -0.15) is 5.10 Å². The predicted octanol–water partition coefficient (Wildman–Crippen LogP) is -0.195. The molecule has 0 saturated carbocycles. The van der Waals surface area contributed by atoms with Crippen LogP contribution < -0.4 is 16.4 Å². The first-order valence-corrected chi connectivity index (χ1v) is 6.28. The highest BCUT2D eigenvalue weighted by atomic mass is 16.2. The van der Waals surface area contributed by atoms with Gasteiger partial charge < -0.3 is 16.4 Å². The predicted molar refractivity (Wildman–Crippen MR) is 72.3 cm³/mol. The summed E-state index contributed by atoms with van der Waals surface area (Å²) in [4.78, 5) is 23.5. The Morgan fingerprint density at radius 1 is 1.53 bits per heavy atom. The van der Waals surface area contributed by atoms with Crippen LogP contribution in [0.25, 0.3) is 0 Å². The average molecular weight is 267 g/mol. The number of likely N-dealkylation sites (N-methyl/N-ethyl adjacent to an activating group) is 1. The van der Waals surface area contributed by atoms with E-state index in [2.05, 4.69) is 15.7 Å². The molecule has 1 aromatic heterocycles. The smallest absolute Gasteiger partial charge is 0.242 e. The lowest BCUT2D eigenvalue weighted by atomic mass is 10.1. The quantitative estimate of drug-likeness (QED) is 0.664. The molecule has 1 aromatic rings. The summed E-state index contributed by atoms with van der Waals surface area (Å²) in [7, 11) is 1.55. The molecule has 19 heavy (non-hydrogen) atoms. The fourth-order valence-corrected chi connectivity index (χ4v) is 1.80. The second-order valence-corrected chi connectivity index (χ2v) is 4.39. The Kier molecular flexibility index (Phi) is 5.35. The minimum absolute atomic E-state index is 0.0108. The van der Waals surface area contributed by atoms with Gasteiger partial charge in [0.1, 0.15) is 18.4 Å². The highest BCUT2D eigenvalue weighted by Crippen LogP contribution is 2.05. The highest BCUT2D eigenvalue weighted by molar-refractivity contribution is 5.87. The summed E-state index contributed by atoms with van der Waals surface area (Å²) in [5.41, 5.74) is 6.46. The van der Waals surface area contributed by atoms with Gasteiger partial charge in [-0.05, 0) is 13.3 Å². The van der Waals surface area contributed by atoms with Crippen LogP contribution >= 0.6 is 0 Å². The van der Waals surface area contributed by atoms with Gasteiger partial charge in [0.2, 0.25) is 11.8 Å². The SMILES string of the molecule is CCCC(NC(=O)Cn1nc(C)cc1N)C(=O)NC. The number of hydrogen-bond acceptors (Lipinski definition) is 4. The monoisotopic (exact) mass is 267 g/mol. The minimum Gasteiger partial charge on any atom is -0.384 e. The van der Waals surface area contributed by atoms with E-state index in [9.17, 15) is 9.59 Å². The van der Waals surface area contributed by atoms with Crippen LogP contribution in [-0.2, 0) is 16.1 Å². The third kappa shape index (κ3) is 4.27. The van der Waals surface area contributed by atoms with Gasteiger partial charge in [0.15, 0.2) is 0 Å². The lowest BCUT2D eigenvalue weighted by molar-refractivity contribution is -0.129. The largest absolute Gasteiger partial charge is 0.384 e. The third-order valence-electron chi connectivity index (χ3n) is 2.70. The Labute approximate surface area is 112 Å². The molecule has 1 unspecified atom stereocenters. The van der Waals surface area contributed by atoms with Crippen LogP contribution in [0.4, 0.5) is 5.82 Å². The molecule has 0 fully saturated rings. The number of nitrogen functional groups attached to an aromatic ring is 1. The number of hydrogen-bond donors (Lipinski definition) is 3. The van der Waals surface area contributed by atoms with Crippen molar-refractivity contribution in [3.8, 4) is 0 Å². The Hall–Kier alpha value is -2.05. The molecule has 7 heteroatoms. The van der Waals surface area contributed by atoms with E-state index in [4.69, 9.17) is 5.73 Å². The lowest BCUT2D eigenvalue weighted by Crippen LogP contribution is -2.46. The molecule has 0 saturated heterocycles. The molecule has 0 aliphatic rings. The Bertz CT molecular complexity index is 455. The second kappa shape index (κ2) is 6.77. The zero-order valence-electron chi connectivity index (χ0n) is 11.6. The third-order valence-corrected chi connectivity index (χ3v) is 2.70. The van der Waals surface area contributed by atoms with Crippen molar-refractivity contribution in [2.75, 3.05) is 12.8 Å². The van der Waals surface area contributed by atoms with Crippen LogP contribution in [0, 0.1) is 6.92 Å². The van der Waals surface area contributed by atoms with Gasteiger partial charge in [-0.15, -0.1) is 0 Å². The number of nitrogens with two attached hydrogens (primary N) is 1. The van der Waals surface area contributed by atoms with Gasteiger partial charge in [-0.25, -0.2) is 4.68 Å². The molecule has 7 nitrogen and oxygen atoms in total. The molecule has 0 radical (unpaired) electrons. The number of aromatic nitrogens is 2. The van der Waals surface area contributed by atoms with Crippen molar-refractivity contribution in [1.82, 2.24) is 20.4 Å². The second-order valence-electron chi connectivity index (χ2n) is 4.39. The van der Waals surface area contributed by atoms with Crippen LogP contribution in [0.15, 0.2) is 6.07 Å². The van der Waals surface area contributed by atoms with E-state index in [1.165, 1.54) is 4.68 Å². The highest BCUT2D eigenvalue weighted by Gasteiger charge is 2.19. The first kappa shape index (κ1) is 15.0. The first-order valence-electron chi connectivity index (χ1n) is 6.28. The van der Waals surface area contributed by atoms with Crippen LogP contribution in [0.3, 0.4) is 0 Å². The summed E-state index contributed by atoms with van der Waals surface area (Å²) in [5, 5.41) is 9.32. The van der Waals surface area contributed by atoms with Crippen LogP contribution in [0.5, 0.6) is 0 Å². The molecule has 0 spiro atoms. The number of carbonyl (C=O) groups excluding carboxylic acids is 2. The summed E-state index contributed by atoms with van der Waals surface area (Å²) < 4.78 is 1.41. The molecular weight excluding hydrogens is 246 g/mol. The van der Waals surface area contributed by atoms with E-state index in [0.29, 0.717) is 12.2 Å². The molecule has 2 amide bonds. The number of amides is 2. The van der Waals surface area contributed by atoms with Crippen molar-refractivity contribution in [2.24, 2.45) is 0 Å². The topological polar surface area (TPSA) is 102 Å². The normalized spacial score (nSPS) is 11.9. The van der Waals surface area contributed by atoms with Crippen LogP contribution in [0.1, 0.15) is 25.5 Å². The molecule has 106 valence electrons. The Balaban J connectivity index is 2.62. The Morgan fingerprint density at radius 2 is 2.21 bits per heavy atom. The zero-order valence-corrected chi connectivity index (χ0v) is 11.6. The molecular formula is C12H21N5O2. The first-order chi connectivity index (χ1) is 8.97. The molecule has 0 aromatic carbocycles. The van der Waals surface area contributed by atoms with Crippen molar-refractivity contribution in [2.45, 2.75) is 39.3 Å². The number of rotatable bonds is 6. The average Bonchev–Trinajstić information content (AvgIpc) is 2.66. The number of carbonyl (C=O) groups is 2. The molecule has 0 aliphatic carbocycles. The number of nitrogens with one attached hydrogen (secondary N) is 2. The van der Waals surface area contributed by atoms with E-state index in [-0.39, 0.29) is 18.4 Å². The maximum Gasteiger partial charge on any atom is 0.242 e. The van der Waals surface area contributed by atoms with Crippen molar-refractivity contribution in [3.63, 3.8) is 0 Å². The Morgan fingerprint density at radius 3 is 2.68 bits per heavy atom. The summed E-state index contributed by atoms with van der Waals surface area (Å²) in [5.74, 6) is -0.0451. The molecule has 4 N–H and O–H groups in total. The van der Waals surface area contributed by atoms with Gasteiger partial charge in [0, 0.05) is 13.1 Å². The standard InChI is InChI=1S/C12H21N5O2/c1-4-5-9(12(19)14-3)15-11(18)7-17-10(13)6-8(2)16-17/h6,9H,4-5,7,13H2,1-3H3,(H,14,19)(H,15,18). The van der Waals surface area contributed by atoms with Crippen molar-refractivity contribution >= 4 is 17.6 Å². The maximum atomic E-state index is 11.9. The van der Waals surface area contributed by atoms with E-state index in [0.717, 1.165) is 12.1 Å². The summed E-state index contributed by atoms with van der Waals surface area (Å²) in [6, 6.07) is 1.18. The summed E-state index contributed by atoms with van der Waals surface area (Å²) in [6.45, 7) is 3.77. The fourth-order valence-electron chi connectivity index (χ4n) is 1.80. The van der Waals surface area contributed by atoms with Gasteiger partial charge in [0.25, 0.3) is 0 Å². The lowest BCUT2D eigenvalue weighted by Gasteiger charge is -2.16.